The molecule has 2 heterocycles. The molecule has 0 aliphatic heterocycles. The lowest BCUT2D eigenvalue weighted by Crippen LogP contribution is -2.28. The number of halogens is 1. The Labute approximate surface area is 193 Å². The second-order valence-corrected chi connectivity index (χ2v) is 8.76. The fourth-order valence-electron chi connectivity index (χ4n) is 3.50. The Bertz CT molecular complexity index is 961. The van der Waals surface area contributed by atoms with Crippen LogP contribution in [0, 0.1) is 0 Å². The normalized spacial score (nSPS) is 11.4. The summed E-state index contributed by atoms with van der Waals surface area (Å²) >= 11 is 3.44. The third-order valence-electron chi connectivity index (χ3n) is 5.31. The number of pyridine rings is 1. The lowest BCUT2D eigenvalue weighted by Gasteiger charge is -2.21. The van der Waals surface area contributed by atoms with E-state index in [1.165, 1.54) is 38.8 Å². The third kappa shape index (κ3) is 6.91. The Balaban J connectivity index is 1.50. The molecule has 3 aromatic rings. The van der Waals surface area contributed by atoms with E-state index in [1.807, 2.05) is 47.0 Å². The summed E-state index contributed by atoms with van der Waals surface area (Å²) < 4.78 is 8.69. The van der Waals surface area contributed by atoms with Crippen LogP contribution in [0.25, 0.3) is 5.65 Å². The average molecular weight is 486 g/mol. The van der Waals surface area contributed by atoms with Crippen LogP contribution in [0.3, 0.4) is 0 Å². The zero-order valence-electron chi connectivity index (χ0n) is 18.5. The van der Waals surface area contributed by atoms with Gasteiger partial charge in [0.1, 0.15) is 17.1 Å². The average Bonchev–Trinajstić information content (AvgIpc) is 3.21. The molecule has 3 rings (SSSR count). The van der Waals surface area contributed by atoms with Crippen molar-refractivity contribution in [1.29, 1.82) is 0 Å². The van der Waals surface area contributed by atoms with E-state index >= 15 is 0 Å². The molecule has 0 aliphatic carbocycles. The van der Waals surface area contributed by atoms with Crippen LogP contribution >= 0.6 is 15.9 Å². The number of rotatable bonds is 13. The molecule has 2 aromatic heterocycles. The Morgan fingerprint density at radius 3 is 2.32 bits per heavy atom. The van der Waals surface area contributed by atoms with E-state index < -0.39 is 0 Å². The van der Waals surface area contributed by atoms with Crippen molar-refractivity contribution in [2.75, 3.05) is 26.2 Å². The summed E-state index contributed by atoms with van der Waals surface area (Å²) in [5.74, 6) is 0.706. The fourth-order valence-corrected chi connectivity index (χ4v) is 3.85. The Kier molecular flexibility index (Phi) is 9.10. The van der Waals surface area contributed by atoms with Gasteiger partial charge in [0, 0.05) is 29.0 Å². The molecule has 0 amide bonds. The van der Waals surface area contributed by atoms with Crippen molar-refractivity contribution < 1.29 is 9.53 Å². The second kappa shape index (κ2) is 12.0. The predicted molar refractivity (Wildman–Crippen MR) is 129 cm³/mol. The molecule has 166 valence electrons. The van der Waals surface area contributed by atoms with E-state index in [-0.39, 0.29) is 5.78 Å². The van der Waals surface area contributed by atoms with Gasteiger partial charge in [-0.15, -0.1) is 0 Å². The van der Waals surface area contributed by atoms with E-state index in [0.717, 1.165) is 28.8 Å². The molecule has 0 aliphatic rings. The van der Waals surface area contributed by atoms with Crippen molar-refractivity contribution in [3.8, 4) is 5.75 Å². The zero-order valence-corrected chi connectivity index (χ0v) is 20.1. The van der Waals surface area contributed by atoms with E-state index in [0.29, 0.717) is 17.9 Å². The second-order valence-electron chi connectivity index (χ2n) is 7.84. The Morgan fingerprint density at radius 2 is 1.65 bits per heavy atom. The molecule has 0 spiro atoms. The van der Waals surface area contributed by atoms with E-state index in [9.17, 15) is 4.79 Å². The summed E-state index contributed by atoms with van der Waals surface area (Å²) in [7, 11) is 0. The number of unbranched alkanes of at least 4 members (excludes halogenated alkanes) is 2. The van der Waals surface area contributed by atoms with Crippen molar-refractivity contribution in [3.05, 3.63) is 64.5 Å². The number of imidazole rings is 1. The number of ketones is 1. The SMILES string of the molecule is CCCCN(CCCC)CCCOc1ccc(C(=O)c2cn3cc(Br)ccc3n2)cc1. The van der Waals surface area contributed by atoms with Gasteiger partial charge in [0.2, 0.25) is 5.78 Å². The first-order valence-electron chi connectivity index (χ1n) is 11.2. The van der Waals surface area contributed by atoms with Crippen molar-refractivity contribution in [2.45, 2.75) is 46.0 Å². The first-order valence-corrected chi connectivity index (χ1v) is 12.0. The van der Waals surface area contributed by atoms with Crippen LogP contribution in [-0.2, 0) is 0 Å². The van der Waals surface area contributed by atoms with Gasteiger partial charge >= 0.3 is 0 Å². The van der Waals surface area contributed by atoms with E-state index in [1.54, 1.807) is 6.20 Å². The highest BCUT2D eigenvalue weighted by atomic mass is 79.9. The first kappa shape index (κ1) is 23.5. The highest BCUT2D eigenvalue weighted by Crippen LogP contribution is 2.17. The summed E-state index contributed by atoms with van der Waals surface area (Å²) in [6.07, 6.45) is 9.63. The van der Waals surface area contributed by atoms with Gasteiger partial charge in [0.25, 0.3) is 0 Å². The molecular weight excluding hydrogens is 454 g/mol. The van der Waals surface area contributed by atoms with Gasteiger partial charge in [-0.2, -0.15) is 0 Å². The maximum atomic E-state index is 12.8. The summed E-state index contributed by atoms with van der Waals surface area (Å²) in [5, 5.41) is 0. The van der Waals surface area contributed by atoms with Crippen molar-refractivity contribution in [2.24, 2.45) is 0 Å². The Morgan fingerprint density at radius 1 is 0.968 bits per heavy atom. The molecular formula is C25H32BrN3O2. The number of ether oxygens (including phenoxy) is 1. The van der Waals surface area contributed by atoms with E-state index in [4.69, 9.17) is 4.74 Å². The van der Waals surface area contributed by atoms with Gasteiger partial charge < -0.3 is 14.0 Å². The summed E-state index contributed by atoms with van der Waals surface area (Å²) in [5.41, 5.74) is 1.80. The third-order valence-corrected chi connectivity index (χ3v) is 5.78. The minimum Gasteiger partial charge on any atom is -0.494 e. The molecule has 0 N–H and O–H groups in total. The van der Waals surface area contributed by atoms with Crippen molar-refractivity contribution in [3.63, 3.8) is 0 Å². The number of carbonyl (C=O) groups excluding carboxylic acids is 1. The largest absolute Gasteiger partial charge is 0.494 e. The van der Waals surface area contributed by atoms with Crippen LogP contribution in [0.4, 0.5) is 0 Å². The van der Waals surface area contributed by atoms with Crippen LogP contribution in [0.5, 0.6) is 5.75 Å². The lowest BCUT2D eigenvalue weighted by atomic mass is 10.1. The van der Waals surface area contributed by atoms with Crippen LogP contribution < -0.4 is 4.74 Å². The molecule has 1 aromatic carbocycles. The zero-order chi connectivity index (χ0) is 22.1. The fraction of sp³-hybridized carbons (Fsp3) is 0.440. The Hall–Kier alpha value is -2.18. The lowest BCUT2D eigenvalue weighted by molar-refractivity contribution is 0.103. The number of hydrogen-bond donors (Lipinski definition) is 0. The van der Waals surface area contributed by atoms with Gasteiger partial charge in [0.15, 0.2) is 0 Å². The highest BCUT2D eigenvalue weighted by Gasteiger charge is 2.13. The molecule has 31 heavy (non-hydrogen) atoms. The van der Waals surface area contributed by atoms with E-state index in [2.05, 4.69) is 39.7 Å². The molecule has 0 saturated carbocycles. The van der Waals surface area contributed by atoms with Crippen LogP contribution in [0.2, 0.25) is 0 Å². The van der Waals surface area contributed by atoms with Gasteiger partial charge in [-0.3, -0.25) is 4.79 Å². The van der Waals surface area contributed by atoms with Gasteiger partial charge in [0.05, 0.1) is 6.61 Å². The molecule has 0 radical (unpaired) electrons. The minimum atomic E-state index is -0.0890. The van der Waals surface area contributed by atoms with Crippen molar-refractivity contribution >= 4 is 27.4 Å². The molecule has 0 fully saturated rings. The summed E-state index contributed by atoms with van der Waals surface area (Å²) in [6.45, 7) is 8.58. The summed E-state index contributed by atoms with van der Waals surface area (Å²) in [6, 6.07) is 11.1. The van der Waals surface area contributed by atoms with Crippen molar-refractivity contribution in [1.82, 2.24) is 14.3 Å². The maximum absolute atomic E-state index is 12.8. The quantitative estimate of drug-likeness (QED) is 0.220. The topological polar surface area (TPSA) is 46.8 Å². The first-order chi connectivity index (χ1) is 15.1. The molecule has 5 nitrogen and oxygen atoms in total. The van der Waals surface area contributed by atoms with Crippen LogP contribution in [0.15, 0.2) is 53.3 Å². The van der Waals surface area contributed by atoms with Crippen LogP contribution in [0.1, 0.15) is 62.0 Å². The number of carbonyl (C=O) groups is 1. The minimum absolute atomic E-state index is 0.0890. The summed E-state index contributed by atoms with van der Waals surface area (Å²) in [4.78, 5) is 19.8. The van der Waals surface area contributed by atoms with Gasteiger partial charge in [-0.05, 0) is 84.7 Å². The number of aromatic nitrogens is 2. The maximum Gasteiger partial charge on any atom is 0.212 e. The van der Waals surface area contributed by atoms with Crippen LogP contribution in [-0.4, -0.2) is 46.3 Å². The standard InChI is InChI=1S/C25H32BrN3O2/c1-3-5-14-28(15-6-4-2)16-7-17-31-22-11-8-20(9-12-22)25(30)23-19-29-18-21(26)10-13-24(29)27-23/h8-13,18-19H,3-7,14-17H2,1-2H3. The number of nitrogens with zero attached hydrogens (tertiary/aromatic N) is 3. The smallest absolute Gasteiger partial charge is 0.212 e. The molecule has 0 saturated heterocycles. The van der Waals surface area contributed by atoms with Gasteiger partial charge in [-0.25, -0.2) is 4.98 Å². The molecule has 6 heteroatoms. The predicted octanol–water partition coefficient (Wildman–Crippen LogP) is 6.00. The van der Waals surface area contributed by atoms with Gasteiger partial charge in [-0.1, -0.05) is 26.7 Å². The number of benzene rings is 1. The molecule has 0 atom stereocenters. The highest BCUT2D eigenvalue weighted by molar-refractivity contribution is 9.10. The molecule has 0 unspecified atom stereocenters. The number of fused-ring (bicyclic) bond motifs is 1. The molecule has 0 bridgehead atoms. The number of hydrogen-bond acceptors (Lipinski definition) is 4. The monoisotopic (exact) mass is 485 g/mol.